The fourth-order valence-corrected chi connectivity index (χ4v) is 5.69. The molecule has 0 N–H and O–H groups in total. The number of hydrogen-bond acceptors (Lipinski definition) is 4. The van der Waals surface area contributed by atoms with Crippen LogP contribution in [0.4, 0.5) is 0 Å². The fraction of sp³-hybridized carbons (Fsp3) is 0.476. The first-order chi connectivity index (χ1) is 13.3. The van der Waals surface area contributed by atoms with Gasteiger partial charge < -0.3 is 4.90 Å². The van der Waals surface area contributed by atoms with Crippen LogP contribution >= 0.6 is 11.3 Å². The van der Waals surface area contributed by atoms with Crippen LogP contribution in [-0.4, -0.2) is 49.4 Å². The molecule has 1 aliphatic heterocycles. The second-order valence-electron chi connectivity index (χ2n) is 7.89. The van der Waals surface area contributed by atoms with E-state index in [4.69, 9.17) is 0 Å². The van der Waals surface area contributed by atoms with Crippen molar-refractivity contribution in [1.29, 1.82) is 0 Å². The Bertz CT molecular complexity index is 979. The van der Waals surface area contributed by atoms with Crippen molar-refractivity contribution in [1.82, 2.24) is 9.21 Å². The number of thiophene rings is 1. The van der Waals surface area contributed by atoms with Gasteiger partial charge in [0.15, 0.2) is 0 Å². The molecule has 0 bridgehead atoms. The van der Waals surface area contributed by atoms with Gasteiger partial charge in [-0.3, -0.25) is 4.79 Å². The molecular formula is C21H26N2O3S2. The molecule has 1 aromatic carbocycles. The van der Waals surface area contributed by atoms with Crippen LogP contribution in [0.25, 0.3) is 0 Å². The van der Waals surface area contributed by atoms with E-state index in [1.807, 2.05) is 17.0 Å². The molecule has 1 atom stereocenters. The van der Waals surface area contributed by atoms with Crippen LogP contribution in [-0.2, 0) is 21.2 Å². The van der Waals surface area contributed by atoms with Gasteiger partial charge in [0.2, 0.25) is 15.9 Å². The van der Waals surface area contributed by atoms with E-state index in [1.165, 1.54) is 21.0 Å². The summed E-state index contributed by atoms with van der Waals surface area (Å²) in [5.41, 5.74) is 3.43. The molecule has 28 heavy (non-hydrogen) atoms. The molecule has 1 fully saturated rings. The number of hydrogen-bond donors (Lipinski definition) is 0. The summed E-state index contributed by atoms with van der Waals surface area (Å²) >= 11 is 1.73. The number of rotatable bonds is 6. The van der Waals surface area contributed by atoms with Gasteiger partial charge in [0, 0.05) is 18.0 Å². The van der Waals surface area contributed by atoms with Gasteiger partial charge in [0.25, 0.3) is 0 Å². The minimum atomic E-state index is -3.41. The molecule has 7 heteroatoms. The Kier molecular flexibility index (Phi) is 5.33. The molecule has 0 saturated heterocycles. The van der Waals surface area contributed by atoms with E-state index in [2.05, 4.69) is 30.5 Å². The van der Waals surface area contributed by atoms with Crippen molar-refractivity contribution >= 4 is 27.3 Å². The summed E-state index contributed by atoms with van der Waals surface area (Å²) in [5.74, 6) is 0.288. The van der Waals surface area contributed by atoms with E-state index in [1.54, 1.807) is 11.3 Å². The highest BCUT2D eigenvalue weighted by Gasteiger charge is 2.36. The minimum Gasteiger partial charge on any atom is -0.330 e. The van der Waals surface area contributed by atoms with Gasteiger partial charge in [-0.05, 0) is 60.2 Å². The van der Waals surface area contributed by atoms with Gasteiger partial charge in [-0.25, -0.2) is 8.42 Å². The smallest absolute Gasteiger partial charge is 0.238 e. The van der Waals surface area contributed by atoms with Crippen molar-refractivity contribution in [3.8, 4) is 0 Å². The number of sulfonamides is 1. The van der Waals surface area contributed by atoms with Crippen molar-refractivity contribution in [2.45, 2.75) is 32.2 Å². The number of aryl methyl sites for hydroxylation is 1. The molecule has 2 aromatic rings. The Morgan fingerprint density at radius 2 is 1.96 bits per heavy atom. The van der Waals surface area contributed by atoms with Crippen LogP contribution in [0, 0.1) is 12.8 Å². The van der Waals surface area contributed by atoms with Crippen LogP contribution < -0.4 is 0 Å². The number of amides is 1. The van der Waals surface area contributed by atoms with Crippen LogP contribution in [0.2, 0.25) is 0 Å². The number of fused-ring (bicyclic) bond motifs is 1. The highest BCUT2D eigenvalue weighted by Crippen LogP contribution is 2.39. The fourth-order valence-electron chi connectivity index (χ4n) is 3.96. The van der Waals surface area contributed by atoms with E-state index >= 15 is 0 Å². The molecule has 150 valence electrons. The highest BCUT2D eigenvalue weighted by atomic mass is 32.2. The molecule has 4 rings (SSSR count). The molecule has 0 spiro atoms. The van der Waals surface area contributed by atoms with Gasteiger partial charge >= 0.3 is 0 Å². The topological polar surface area (TPSA) is 57.7 Å². The van der Waals surface area contributed by atoms with Crippen LogP contribution in [0.3, 0.4) is 0 Å². The van der Waals surface area contributed by atoms with Crippen molar-refractivity contribution in [3.63, 3.8) is 0 Å². The lowest BCUT2D eigenvalue weighted by Gasteiger charge is -2.38. The SMILES string of the molecule is Cc1ccccc1C1c2ccsc2CCN1C(=O)CN(CC1CC1)S(C)(=O)=O. The molecule has 0 radical (unpaired) electrons. The molecule has 1 unspecified atom stereocenters. The second-order valence-corrected chi connectivity index (χ2v) is 10.9. The normalized spacial score (nSPS) is 19.7. The Hall–Kier alpha value is -1.70. The number of nitrogens with zero attached hydrogens (tertiary/aromatic N) is 2. The molecular weight excluding hydrogens is 392 g/mol. The quantitative estimate of drug-likeness (QED) is 0.724. The first-order valence-corrected chi connectivity index (χ1v) is 12.4. The second kappa shape index (κ2) is 7.61. The standard InChI is InChI=1S/C21H26N2O3S2/c1-15-5-3-4-6-17(15)21-18-10-12-27-19(18)9-11-23(21)20(24)14-22(28(2,25)26)13-16-7-8-16/h3-6,10,12,16,21H,7-9,11,13-14H2,1-2H3. The maximum Gasteiger partial charge on any atom is 0.238 e. The zero-order valence-corrected chi connectivity index (χ0v) is 17.9. The minimum absolute atomic E-state index is 0.0722. The lowest BCUT2D eigenvalue weighted by atomic mass is 9.90. The first kappa shape index (κ1) is 19.6. The zero-order chi connectivity index (χ0) is 19.9. The van der Waals surface area contributed by atoms with E-state index in [-0.39, 0.29) is 18.5 Å². The number of carbonyl (C=O) groups is 1. The molecule has 2 aliphatic rings. The van der Waals surface area contributed by atoms with Gasteiger partial charge in [-0.2, -0.15) is 4.31 Å². The Balaban J connectivity index is 1.65. The Morgan fingerprint density at radius 1 is 1.21 bits per heavy atom. The maximum atomic E-state index is 13.3. The highest BCUT2D eigenvalue weighted by molar-refractivity contribution is 7.88. The van der Waals surface area contributed by atoms with E-state index in [9.17, 15) is 13.2 Å². The maximum absolute atomic E-state index is 13.3. The summed E-state index contributed by atoms with van der Waals surface area (Å²) in [4.78, 5) is 16.5. The van der Waals surface area contributed by atoms with E-state index in [0.29, 0.717) is 19.0 Å². The predicted octanol–water partition coefficient (Wildman–Crippen LogP) is 3.20. The summed E-state index contributed by atoms with van der Waals surface area (Å²) in [5, 5.41) is 2.08. The third kappa shape index (κ3) is 4.02. The van der Waals surface area contributed by atoms with Crippen molar-refractivity contribution in [3.05, 3.63) is 57.3 Å². The molecule has 2 heterocycles. The lowest BCUT2D eigenvalue weighted by molar-refractivity contribution is -0.133. The van der Waals surface area contributed by atoms with Gasteiger partial charge in [0.05, 0.1) is 18.8 Å². The lowest BCUT2D eigenvalue weighted by Crippen LogP contribution is -2.47. The predicted molar refractivity (Wildman–Crippen MR) is 112 cm³/mol. The average Bonchev–Trinajstić information content (AvgIpc) is 3.33. The third-order valence-electron chi connectivity index (χ3n) is 5.71. The molecule has 1 amide bonds. The molecule has 5 nitrogen and oxygen atoms in total. The Labute approximate surface area is 171 Å². The van der Waals surface area contributed by atoms with Crippen LogP contribution in [0.5, 0.6) is 0 Å². The number of benzene rings is 1. The molecule has 1 aliphatic carbocycles. The van der Waals surface area contributed by atoms with Gasteiger partial charge in [-0.15, -0.1) is 11.3 Å². The van der Waals surface area contributed by atoms with Crippen LogP contribution in [0.1, 0.15) is 40.5 Å². The van der Waals surface area contributed by atoms with Gasteiger partial charge in [0.1, 0.15) is 0 Å². The average molecular weight is 419 g/mol. The number of carbonyl (C=O) groups excluding carboxylic acids is 1. The Morgan fingerprint density at radius 3 is 2.64 bits per heavy atom. The zero-order valence-electron chi connectivity index (χ0n) is 16.3. The first-order valence-electron chi connectivity index (χ1n) is 9.71. The summed E-state index contributed by atoms with van der Waals surface area (Å²) < 4.78 is 25.8. The largest absolute Gasteiger partial charge is 0.330 e. The van der Waals surface area contributed by atoms with Crippen molar-refractivity contribution in [2.75, 3.05) is 25.9 Å². The molecule has 1 saturated carbocycles. The van der Waals surface area contributed by atoms with E-state index < -0.39 is 10.0 Å². The summed E-state index contributed by atoms with van der Waals surface area (Å²) in [7, 11) is -3.41. The summed E-state index contributed by atoms with van der Waals surface area (Å²) in [6, 6.07) is 10.1. The monoisotopic (exact) mass is 418 g/mol. The molecule has 1 aromatic heterocycles. The van der Waals surface area contributed by atoms with Crippen molar-refractivity contribution < 1.29 is 13.2 Å². The van der Waals surface area contributed by atoms with Crippen molar-refractivity contribution in [2.24, 2.45) is 5.92 Å². The summed E-state index contributed by atoms with van der Waals surface area (Å²) in [6.45, 7) is 3.06. The third-order valence-corrected chi connectivity index (χ3v) is 7.92. The summed E-state index contributed by atoms with van der Waals surface area (Å²) in [6.07, 6.45) is 4.12. The van der Waals surface area contributed by atoms with Gasteiger partial charge in [-0.1, -0.05) is 24.3 Å². The van der Waals surface area contributed by atoms with Crippen LogP contribution in [0.15, 0.2) is 35.7 Å². The van der Waals surface area contributed by atoms with E-state index in [0.717, 1.165) is 30.4 Å².